The summed E-state index contributed by atoms with van der Waals surface area (Å²) in [7, 11) is -0.536. The van der Waals surface area contributed by atoms with Crippen LogP contribution in [0.1, 0.15) is 58.6 Å². The first-order valence-corrected chi connectivity index (χ1v) is 16.7. The van der Waals surface area contributed by atoms with Gasteiger partial charge in [0.2, 0.25) is 5.91 Å². The third-order valence-corrected chi connectivity index (χ3v) is 14.0. The number of imide groups is 1. The Morgan fingerprint density at radius 3 is 2.15 bits per heavy atom. The maximum absolute atomic E-state index is 14.0. The third-order valence-electron chi connectivity index (χ3n) is 7.98. The summed E-state index contributed by atoms with van der Waals surface area (Å²) in [4.78, 5) is 28.0. The monoisotopic (exact) mass is 585 g/mol. The van der Waals surface area contributed by atoms with Crippen molar-refractivity contribution >= 4 is 20.3 Å². The number of amides is 2. The van der Waals surface area contributed by atoms with Crippen molar-refractivity contribution in [3.05, 3.63) is 65.7 Å². The number of nitrogens with zero attached hydrogens (tertiary/aromatic N) is 1. The summed E-state index contributed by atoms with van der Waals surface area (Å²) in [5.74, 6) is -0.273. The zero-order valence-corrected chi connectivity index (χ0v) is 26.6. The molecule has 0 aromatic heterocycles. The average molecular weight is 586 g/mol. The van der Waals surface area contributed by atoms with E-state index in [4.69, 9.17) is 23.4 Å². The second-order valence-corrected chi connectivity index (χ2v) is 16.9. The molecule has 1 fully saturated rings. The Morgan fingerprint density at radius 1 is 0.927 bits per heavy atom. The van der Waals surface area contributed by atoms with Crippen molar-refractivity contribution in [3.8, 4) is 5.75 Å². The number of rotatable bonds is 16. The van der Waals surface area contributed by atoms with Crippen LogP contribution in [0.15, 0.2) is 54.6 Å². The largest absolute Gasteiger partial charge is 0.543 e. The van der Waals surface area contributed by atoms with Gasteiger partial charge >= 0.3 is 6.09 Å². The first-order valence-electron chi connectivity index (χ1n) is 14.6. The zero-order chi connectivity index (χ0) is 30.0. The van der Waals surface area contributed by atoms with Gasteiger partial charge in [0.15, 0.2) is 0 Å². The molecule has 41 heavy (non-hydrogen) atoms. The van der Waals surface area contributed by atoms with Gasteiger partial charge in [-0.3, -0.25) is 4.79 Å². The van der Waals surface area contributed by atoms with E-state index in [0.29, 0.717) is 36.3 Å². The second-order valence-electron chi connectivity index (χ2n) is 11.6. The predicted octanol–water partition coefficient (Wildman–Crippen LogP) is 6.55. The molecule has 1 heterocycles. The van der Waals surface area contributed by atoms with Crippen molar-refractivity contribution in [2.75, 3.05) is 40.3 Å². The van der Waals surface area contributed by atoms with Gasteiger partial charge in [0.05, 0.1) is 31.8 Å². The molecule has 0 N–H and O–H groups in total. The molecule has 9 heteroatoms. The average Bonchev–Trinajstić information content (AvgIpc) is 3.30. The number of hydrogen-bond donors (Lipinski definition) is 0. The maximum atomic E-state index is 14.0. The Labute approximate surface area is 246 Å². The van der Waals surface area contributed by atoms with Crippen LogP contribution in [0.2, 0.25) is 16.6 Å². The first kappa shape index (κ1) is 32.8. The number of methoxy groups -OCH3 is 1. The van der Waals surface area contributed by atoms with Gasteiger partial charge < -0.3 is 23.4 Å². The molecule has 0 spiro atoms. The molecular weight excluding hydrogens is 538 g/mol. The summed E-state index contributed by atoms with van der Waals surface area (Å²) >= 11 is 0. The first-order chi connectivity index (χ1) is 19.6. The Bertz CT molecular complexity index is 1070. The lowest BCUT2D eigenvalue weighted by atomic mass is 9.97. The van der Waals surface area contributed by atoms with Gasteiger partial charge in [-0.25, -0.2) is 9.69 Å². The van der Waals surface area contributed by atoms with Crippen molar-refractivity contribution in [2.45, 2.75) is 76.5 Å². The highest BCUT2D eigenvalue weighted by molar-refractivity contribution is 6.78. The molecule has 2 aromatic rings. The van der Waals surface area contributed by atoms with Crippen molar-refractivity contribution < 1.29 is 33.0 Å². The fourth-order valence-electron chi connectivity index (χ4n) is 6.00. The standard InChI is InChI=1S/C32H47NO7Si/c1-23(2)41(24(3)4,25(5)6)40-29-15-13-27(14-16-29)30(21-38-22-37-18-17-36-7)31(34)33-28(20-39-32(33)35)19-26-11-9-8-10-12-26/h8-16,23-25,28,30H,17-22H2,1-7H3/t28-,30?/m1/s1. The number of carbonyl (C=O) groups is 2. The van der Waals surface area contributed by atoms with Crippen LogP contribution in [-0.4, -0.2) is 71.6 Å². The van der Waals surface area contributed by atoms with E-state index < -0.39 is 26.4 Å². The summed E-state index contributed by atoms with van der Waals surface area (Å²) in [6.45, 7) is 14.6. The molecule has 0 radical (unpaired) electrons. The summed E-state index contributed by atoms with van der Waals surface area (Å²) in [6, 6.07) is 17.1. The second kappa shape index (κ2) is 15.5. The van der Waals surface area contributed by atoms with Gasteiger partial charge in [-0.05, 0) is 46.3 Å². The Balaban J connectivity index is 1.84. The molecular formula is C32H47NO7Si. The molecule has 0 bridgehead atoms. The van der Waals surface area contributed by atoms with Crippen molar-refractivity contribution in [1.29, 1.82) is 0 Å². The topological polar surface area (TPSA) is 83.5 Å². The lowest BCUT2D eigenvalue weighted by Gasteiger charge is -2.42. The van der Waals surface area contributed by atoms with E-state index in [-0.39, 0.29) is 25.9 Å². The molecule has 0 aliphatic carbocycles. The number of benzene rings is 2. The molecule has 226 valence electrons. The fraction of sp³-hybridized carbons (Fsp3) is 0.562. The lowest BCUT2D eigenvalue weighted by molar-refractivity contribution is -0.134. The molecule has 2 amide bonds. The Morgan fingerprint density at radius 2 is 1.56 bits per heavy atom. The van der Waals surface area contributed by atoms with E-state index in [1.807, 2.05) is 54.6 Å². The van der Waals surface area contributed by atoms with Gasteiger partial charge in [0.25, 0.3) is 8.32 Å². The number of carbonyl (C=O) groups excluding carboxylic acids is 2. The quantitative estimate of drug-likeness (QED) is 0.125. The highest BCUT2D eigenvalue weighted by Crippen LogP contribution is 2.43. The minimum absolute atomic E-state index is 0.0114. The SMILES string of the molecule is COCCOCOCC(C(=O)N1C(=O)OC[C@H]1Cc1ccccc1)c1ccc(O[Si](C(C)C)(C(C)C)C(C)C)cc1. The summed E-state index contributed by atoms with van der Waals surface area (Å²) in [6.07, 6.45) is -0.107. The summed E-state index contributed by atoms with van der Waals surface area (Å²) < 4.78 is 28.4. The Hall–Kier alpha value is -2.72. The van der Waals surface area contributed by atoms with Crippen LogP contribution < -0.4 is 4.43 Å². The number of cyclic esters (lactones) is 1. The van der Waals surface area contributed by atoms with Crippen LogP contribution in [0.5, 0.6) is 5.75 Å². The van der Waals surface area contributed by atoms with Gasteiger partial charge in [-0.15, -0.1) is 0 Å². The van der Waals surface area contributed by atoms with Crippen LogP contribution in [0.25, 0.3) is 0 Å². The van der Waals surface area contributed by atoms with Gasteiger partial charge in [0.1, 0.15) is 19.1 Å². The molecule has 1 aliphatic heterocycles. The predicted molar refractivity (Wildman–Crippen MR) is 162 cm³/mol. The van der Waals surface area contributed by atoms with Crippen molar-refractivity contribution in [1.82, 2.24) is 4.90 Å². The Kier molecular flexibility index (Phi) is 12.4. The molecule has 1 aliphatic rings. The molecule has 0 saturated carbocycles. The number of hydrogen-bond acceptors (Lipinski definition) is 7. The zero-order valence-electron chi connectivity index (χ0n) is 25.6. The van der Waals surface area contributed by atoms with Crippen molar-refractivity contribution in [3.63, 3.8) is 0 Å². The number of ether oxygens (including phenoxy) is 4. The molecule has 2 aromatic carbocycles. The van der Waals surface area contributed by atoms with E-state index >= 15 is 0 Å². The van der Waals surface area contributed by atoms with E-state index in [9.17, 15) is 9.59 Å². The molecule has 1 unspecified atom stereocenters. The maximum Gasteiger partial charge on any atom is 0.417 e. The molecule has 3 rings (SSSR count). The lowest BCUT2D eigenvalue weighted by Crippen LogP contribution is -2.50. The van der Waals surface area contributed by atoms with E-state index in [0.717, 1.165) is 16.9 Å². The van der Waals surface area contributed by atoms with E-state index in [1.165, 1.54) is 4.90 Å². The highest BCUT2D eigenvalue weighted by atomic mass is 28.4. The normalized spacial score (nSPS) is 16.5. The molecule has 1 saturated heterocycles. The molecule has 2 atom stereocenters. The van der Waals surface area contributed by atoms with Gasteiger partial charge in [0, 0.05) is 7.11 Å². The summed E-state index contributed by atoms with van der Waals surface area (Å²) in [5.41, 5.74) is 3.08. The van der Waals surface area contributed by atoms with Crippen LogP contribution >= 0.6 is 0 Å². The van der Waals surface area contributed by atoms with Gasteiger partial charge in [-0.2, -0.15) is 0 Å². The van der Waals surface area contributed by atoms with E-state index in [2.05, 4.69) is 41.5 Å². The van der Waals surface area contributed by atoms with Crippen LogP contribution in [0.4, 0.5) is 4.79 Å². The third kappa shape index (κ3) is 8.19. The highest BCUT2D eigenvalue weighted by Gasteiger charge is 2.47. The van der Waals surface area contributed by atoms with Crippen LogP contribution in [0.3, 0.4) is 0 Å². The minimum atomic E-state index is -2.14. The fourth-order valence-corrected chi connectivity index (χ4v) is 11.2. The smallest absolute Gasteiger partial charge is 0.417 e. The van der Waals surface area contributed by atoms with Crippen LogP contribution in [0, 0.1) is 0 Å². The van der Waals surface area contributed by atoms with Crippen LogP contribution in [-0.2, 0) is 30.2 Å². The summed E-state index contributed by atoms with van der Waals surface area (Å²) in [5, 5.41) is 0. The molecule has 8 nitrogen and oxygen atoms in total. The van der Waals surface area contributed by atoms with Gasteiger partial charge in [-0.1, -0.05) is 84.0 Å². The van der Waals surface area contributed by atoms with Crippen molar-refractivity contribution in [2.24, 2.45) is 0 Å². The van der Waals surface area contributed by atoms with E-state index in [1.54, 1.807) is 7.11 Å². The minimum Gasteiger partial charge on any atom is -0.543 e.